The van der Waals surface area contributed by atoms with Crippen molar-refractivity contribution in [2.24, 2.45) is 0 Å². The molecule has 40 heavy (non-hydrogen) atoms. The molecule has 1 aliphatic carbocycles. The monoisotopic (exact) mass is 582 g/mol. The summed E-state index contributed by atoms with van der Waals surface area (Å²) in [5.74, 6) is -0.136. The minimum absolute atomic E-state index is 0. The van der Waals surface area contributed by atoms with E-state index in [1.807, 2.05) is 17.8 Å². The molecule has 1 saturated carbocycles. The Morgan fingerprint density at radius 2 is 2.00 bits per heavy atom. The van der Waals surface area contributed by atoms with Crippen LogP contribution in [-0.2, 0) is 13.8 Å². The summed E-state index contributed by atoms with van der Waals surface area (Å²) in [6.45, 7) is 2.75. The average Bonchev–Trinajstić information content (AvgIpc) is 3.71. The van der Waals surface area contributed by atoms with Crippen LogP contribution in [0.4, 0.5) is 5.69 Å². The van der Waals surface area contributed by atoms with Crippen molar-refractivity contribution in [2.45, 2.75) is 44.8 Å². The maximum absolute atomic E-state index is 12.9. The largest absolute Gasteiger partial charge is 1.00 e. The van der Waals surface area contributed by atoms with Gasteiger partial charge in [0.2, 0.25) is 5.89 Å². The van der Waals surface area contributed by atoms with Crippen LogP contribution in [0.15, 0.2) is 47.9 Å². The smallest absolute Gasteiger partial charge is 0.581 e. The van der Waals surface area contributed by atoms with E-state index in [0.29, 0.717) is 28.7 Å². The van der Waals surface area contributed by atoms with Crippen molar-refractivity contribution < 1.29 is 62.4 Å². The Balaban J connectivity index is 0.000000570. The van der Waals surface area contributed by atoms with Gasteiger partial charge in [0.05, 0.1) is 24.0 Å². The van der Waals surface area contributed by atoms with E-state index in [1.165, 1.54) is 18.7 Å². The number of carbonyl (C=O) groups is 1. The van der Waals surface area contributed by atoms with E-state index >= 15 is 0 Å². The van der Waals surface area contributed by atoms with E-state index in [1.54, 1.807) is 18.6 Å². The number of amides is 1. The number of phosphoric ester groups is 1. The molecule has 0 unspecified atom stereocenters. The predicted octanol–water partition coefficient (Wildman–Crippen LogP) is -0.151. The van der Waals surface area contributed by atoms with Gasteiger partial charge in [-0.05, 0) is 32.6 Å². The van der Waals surface area contributed by atoms with Crippen molar-refractivity contribution in [3.63, 3.8) is 0 Å². The summed E-state index contributed by atoms with van der Waals surface area (Å²) < 4.78 is 26.2. The average molecular weight is 582 g/mol. The van der Waals surface area contributed by atoms with Crippen LogP contribution in [0.1, 0.15) is 49.1 Å². The van der Waals surface area contributed by atoms with Gasteiger partial charge in [0.1, 0.15) is 17.7 Å². The van der Waals surface area contributed by atoms with Gasteiger partial charge in [-0.2, -0.15) is 5.10 Å². The minimum atomic E-state index is -4.15. The Hall–Kier alpha value is -2.75. The number of phosphoric acid groups is 1. The predicted molar refractivity (Wildman–Crippen MR) is 136 cm³/mol. The first-order chi connectivity index (χ1) is 18.8. The maximum Gasteiger partial charge on any atom is 1.00 e. The summed E-state index contributed by atoms with van der Waals surface area (Å²) in [5.41, 5.74) is 2.40. The second-order valence-electron chi connectivity index (χ2n) is 8.46. The van der Waals surface area contributed by atoms with Crippen LogP contribution in [0, 0.1) is 0 Å². The first-order valence-corrected chi connectivity index (χ1v) is 13.6. The summed E-state index contributed by atoms with van der Waals surface area (Å²) in [5, 5.41) is 15.2. The van der Waals surface area contributed by atoms with Crippen LogP contribution >= 0.6 is 7.82 Å². The molecule has 15 nitrogen and oxygen atoms in total. The number of nitrogens with zero attached hydrogens (tertiary/aromatic N) is 7. The van der Waals surface area contributed by atoms with Crippen LogP contribution in [0.2, 0.25) is 0 Å². The number of hydrogen-bond acceptors (Lipinski definition) is 10. The van der Waals surface area contributed by atoms with E-state index in [4.69, 9.17) is 24.0 Å². The van der Waals surface area contributed by atoms with Gasteiger partial charge in [-0.15, -0.1) is 6.20 Å². The molecule has 0 aliphatic heterocycles. The summed E-state index contributed by atoms with van der Waals surface area (Å²) >= 11 is 0. The minimum Gasteiger partial charge on any atom is -0.581 e. The summed E-state index contributed by atoms with van der Waals surface area (Å²) in [7, 11) is -3.20. The summed E-state index contributed by atoms with van der Waals surface area (Å²) in [6, 6.07) is 0.221. The number of anilines is 1. The molecule has 17 heteroatoms. The Morgan fingerprint density at radius 3 is 2.60 bits per heavy atom. The van der Waals surface area contributed by atoms with Crippen LogP contribution in [0.5, 0.6) is 0 Å². The molecule has 0 saturated heterocycles. The van der Waals surface area contributed by atoms with Gasteiger partial charge in [0.25, 0.3) is 5.91 Å². The van der Waals surface area contributed by atoms with Crippen LogP contribution in [-0.4, -0.2) is 65.3 Å². The molecule has 208 valence electrons. The van der Waals surface area contributed by atoms with Gasteiger partial charge in [0.15, 0.2) is 5.69 Å². The number of aromatic nitrogens is 7. The van der Waals surface area contributed by atoms with Crippen molar-refractivity contribution in [1.82, 2.24) is 34.9 Å². The first-order valence-electron chi connectivity index (χ1n) is 12.1. The molecule has 0 spiro atoms. The van der Waals surface area contributed by atoms with E-state index in [-0.39, 0.29) is 47.2 Å². The molecule has 4 heterocycles. The van der Waals surface area contributed by atoms with Crippen molar-refractivity contribution in [3.05, 3.63) is 49.1 Å². The molecule has 5 rings (SSSR count). The fourth-order valence-electron chi connectivity index (χ4n) is 4.02. The number of carbonyl (C=O) groups excluding carboxylic acids is 1. The third-order valence-corrected chi connectivity index (χ3v) is 6.36. The molecule has 1 amide bonds. The number of nitrogens with one attached hydrogen (secondary N) is 1. The Morgan fingerprint density at radius 1 is 1.25 bits per heavy atom. The van der Waals surface area contributed by atoms with Gasteiger partial charge in [-0.1, -0.05) is 0 Å². The number of oxazole rings is 1. The van der Waals surface area contributed by atoms with E-state index in [2.05, 4.69) is 35.0 Å². The van der Waals surface area contributed by atoms with Gasteiger partial charge in [-0.3, -0.25) is 24.0 Å². The fraction of sp³-hybridized carbons (Fsp3) is 0.391. The molecule has 0 aromatic carbocycles. The topological polar surface area (TPSA) is 202 Å². The molecule has 0 radical (unpaired) electrons. The Bertz CT molecular complexity index is 1390. The third kappa shape index (κ3) is 8.62. The van der Waals surface area contributed by atoms with E-state index in [9.17, 15) is 9.36 Å². The molecule has 1 aliphatic rings. The molecular formula is C23H28N8NaO7P. The molecule has 0 bridgehead atoms. The van der Waals surface area contributed by atoms with Crippen molar-refractivity contribution in [3.8, 4) is 22.8 Å². The quantitative estimate of drug-likeness (QED) is 0.183. The normalized spacial score (nSPS) is 16.9. The Labute approximate surface area is 251 Å². The van der Waals surface area contributed by atoms with Gasteiger partial charge >= 0.3 is 37.4 Å². The zero-order valence-corrected chi connectivity index (χ0v) is 25.1. The molecule has 4 aromatic rings. The molecule has 3 N–H and O–H groups in total. The second kappa shape index (κ2) is 14.8. The molecule has 1 fully saturated rings. The van der Waals surface area contributed by atoms with Crippen molar-refractivity contribution >= 4 is 19.4 Å². The van der Waals surface area contributed by atoms with Crippen LogP contribution in [0.25, 0.3) is 22.8 Å². The third-order valence-electron chi connectivity index (χ3n) is 5.89. The summed E-state index contributed by atoms with van der Waals surface area (Å²) in [4.78, 5) is 41.1. The number of hydrogen-bond donors (Lipinski definition) is 3. The van der Waals surface area contributed by atoms with Gasteiger partial charge < -0.3 is 34.5 Å². The molecule has 4 aromatic heterocycles. The first kappa shape index (κ1) is 31.8. The van der Waals surface area contributed by atoms with Gasteiger partial charge in [-0.25, -0.2) is 9.55 Å². The van der Waals surface area contributed by atoms with Crippen molar-refractivity contribution in [1.29, 1.82) is 0 Å². The fourth-order valence-corrected chi connectivity index (χ4v) is 4.02. The molecule has 0 atom stereocenters. The van der Waals surface area contributed by atoms with E-state index in [0.717, 1.165) is 39.4 Å². The maximum atomic E-state index is 12.9. The van der Waals surface area contributed by atoms with Crippen molar-refractivity contribution in [2.75, 3.05) is 19.0 Å². The van der Waals surface area contributed by atoms with Crippen LogP contribution in [0.3, 0.4) is 0 Å². The van der Waals surface area contributed by atoms with Gasteiger partial charge in [0, 0.05) is 44.1 Å². The summed E-state index contributed by atoms with van der Waals surface area (Å²) in [6.07, 6.45) is 15.2. The SMILES string of the molecule is CCOC1CCC(n2cc(NC(=O)c3coc(-c4cn[n-]c4)n3)c(-c3cnccn3)n2)CC1.COP(=O)(O)O.[Na+]. The zero-order chi connectivity index (χ0) is 27.8. The number of ether oxygens (including phenoxy) is 1. The number of rotatable bonds is 8. The molecular weight excluding hydrogens is 554 g/mol. The van der Waals surface area contributed by atoms with Crippen LogP contribution < -0.4 is 40.0 Å². The zero-order valence-electron chi connectivity index (χ0n) is 22.2. The van der Waals surface area contributed by atoms with E-state index < -0.39 is 13.7 Å². The second-order valence-corrected chi connectivity index (χ2v) is 9.80. The standard InChI is InChI=1S/C22H24N8O3.CH5O4P.Na/c1-2-32-16-5-3-15(4-6-16)30-12-18(20(29-30)17-11-23-7-8-24-17)27-21(31)19-13-33-22(28-19)14-9-25-26-10-14;1-5-6(2,3)4;/h7-13,15-16H,2-6H2,1H3,(H2,25,26,27,28,31);1H3,(H2,2,3,4);/q;;+1/p-1. The Kier molecular flexibility index (Phi) is 11.7.